The number of aliphatic hydroxyl groups excluding tert-OH is 1. The van der Waals surface area contributed by atoms with Crippen molar-refractivity contribution in [2.45, 2.75) is 44.5 Å². The molecule has 3 aromatic rings. The van der Waals surface area contributed by atoms with Gasteiger partial charge in [-0.2, -0.15) is 0 Å². The second-order valence-corrected chi connectivity index (χ2v) is 7.99. The fraction of sp³-hybridized carbons (Fsp3) is 0.450. The minimum atomic E-state index is -0.853. The van der Waals surface area contributed by atoms with Crippen molar-refractivity contribution < 1.29 is 9.84 Å². The molecule has 1 atom stereocenters. The molecular weight excluding hydrogens is 392 g/mol. The maximum absolute atomic E-state index is 12.5. The van der Waals surface area contributed by atoms with Gasteiger partial charge < -0.3 is 14.4 Å². The van der Waals surface area contributed by atoms with Crippen LogP contribution in [0.15, 0.2) is 39.0 Å². The summed E-state index contributed by atoms with van der Waals surface area (Å²) in [5.74, 6) is 1.54. The van der Waals surface area contributed by atoms with Gasteiger partial charge in [-0.1, -0.05) is 43.3 Å². The molecule has 2 aromatic heterocycles. The predicted octanol–water partition coefficient (Wildman–Crippen LogP) is 2.06. The number of aromatic nitrogens is 4. The third kappa shape index (κ3) is 4.73. The number of thioether (sulfide) groups is 1. The molecule has 9 heteroatoms. The Bertz CT molecular complexity index is 1100. The highest BCUT2D eigenvalue weighted by molar-refractivity contribution is 7.99. The Morgan fingerprint density at radius 2 is 2.07 bits per heavy atom. The van der Waals surface area contributed by atoms with Crippen molar-refractivity contribution in [1.82, 2.24) is 19.1 Å². The number of ether oxygens (including phenoxy) is 1. The Kier molecular flexibility index (Phi) is 6.81. The minimum Gasteiger partial charge on any atom is -0.491 e. The summed E-state index contributed by atoms with van der Waals surface area (Å²) in [6, 6.07) is 7.59. The number of unbranched alkanes of at least 4 members (excludes halogenated alkanes) is 1. The lowest BCUT2D eigenvalue weighted by Crippen LogP contribution is -2.30. The SMILES string of the molecule is CCCCSc1nc2c(c(=O)[nH]c(=O)n2C)n1C[C@H](O)COc1ccccc1C. The van der Waals surface area contributed by atoms with E-state index in [0.717, 1.165) is 24.2 Å². The Hall–Kier alpha value is -2.52. The predicted molar refractivity (Wildman–Crippen MR) is 114 cm³/mol. The molecule has 0 bridgehead atoms. The van der Waals surface area contributed by atoms with E-state index in [1.54, 1.807) is 11.6 Å². The minimum absolute atomic E-state index is 0.0766. The number of H-pyrrole nitrogens is 1. The van der Waals surface area contributed by atoms with E-state index in [4.69, 9.17) is 4.74 Å². The standard InChI is InChI=1S/C20H26N4O4S/c1-4-5-10-29-20-21-17-16(18(26)22-19(27)23(17)3)24(20)11-14(25)12-28-15-9-7-6-8-13(15)2/h6-9,14,25H,4-5,10-12H2,1-3H3,(H,22,26,27)/t14-/m0/s1. The Morgan fingerprint density at radius 1 is 1.31 bits per heavy atom. The van der Waals surface area contributed by atoms with Crippen molar-refractivity contribution in [3.05, 3.63) is 50.7 Å². The van der Waals surface area contributed by atoms with Gasteiger partial charge in [-0.05, 0) is 25.0 Å². The second kappa shape index (κ2) is 9.32. The lowest BCUT2D eigenvalue weighted by molar-refractivity contribution is 0.0910. The molecule has 0 spiro atoms. The monoisotopic (exact) mass is 418 g/mol. The van der Waals surface area contributed by atoms with Crippen LogP contribution in [0.3, 0.4) is 0 Å². The number of aromatic amines is 1. The normalized spacial score (nSPS) is 12.4. The Balaban J connectivity index is 1.88. The summed E-state index contributed by atoms with van der Waals surface area (Å²) < 4.78 is 8.73. The van der Waals surface area contributed by atoms with Gasteiger partial charge in [-0.15, -0.1) is 0 Å². The van der Waals surface area contributed by atoms with Crippen LogP contribution in [0.5, 0.6) is 5.75 Å². The van der Waals surface area contributed by atoms with Crippen LogP contribution >= 0.6 is 11.8 Å². The zero-order valence-electron chi connectivity index (χ0n) is 16.8. The molecule has 0 saturated heterocycles. The summed E-state index contributed by atoms with van der Waals surface area (Å²) >= 11 is 1.51. The number of imidazole rings is 1. The molecule has 0 radical (unpaired) electrons. The lowest BCUT2D eigenvalue weighted by atomic mass is 10.2. The number of hydrogen-bond acceptors (Lipinski definition) is 6. The van der Waals surface area contributed by atoms with E-state index < -0.39 is 17.4 Å². The van der Waals surface area contributed by atoms with Gasteiger partial charge in [0.2, 0.25) is 0 Å². The van der Waals surface area contributed by atoms with Crippen molar-refractivity contribution >= 4 is 22.9 Å². The molecule has 1 aromatic carbocycles. The van der Waals surface area contributed by atoms with E-state index in [9.17, 15) is 14.7 Å². The highest BCUT2D eigenvalue weighted by atomic mass is 32.2. The highest BCUT2D eigenvalue weighted by Crippen LogP contribution is 2.23. The van der Waals surface area contributed by atoms with Crippen LogP contribution in [-0.2, 0) is 13.6 Å². The topological polar surface area (TPSA) is 102 Å². The Morgan fingerprint density at radius 3 is 2.79 bits per heavy atom. The van der Waals surface area contributed by atoms with Crippen LogP contribution in [0.1, 0.15) is 25.3 Å². The van der Waals surface area contributed by atoms with Crippen molar-refractivity contribution in [3.63, 3.8) is 0 Å². The average Bonchev–Trinajstić information content (AvgIpc) is 3.04. The third-order valence-electron chi connectivity index (χ3n) is 4.62. The molecule has 3 rings (SSSR count). The Labute approximate surface area is 172 Å². The number of aliphatic hydroxyl groups is 1. The molecule has 156 valence electrons. The van der Waals surface area contributed by atoms with Crippen molar-refractivity contribution in [2.75, 3.05) is 12.4 Å². The first-order valence-corrected chi connectivity index (χ1v) is 10.6. The number of nitrogens with one attached hydrogen (secondary N) is 1. The van der Waals surface area contributed by atoms with E-state index in [1.165, 1.54) is 16.3 Å². The number of para-hydroxylation sites is 1. The second-order valence-electron chi connectivity index (χ2n) is 6.93. The van der Waals surface area contributed by atoms with Gasteiger partial charge in [0.1, 0.15) is 18.5 Å². The molecular formula is C20H26N4O4S. The van der Waals surface area contributed by atoms with Gasteiger partial charge in [0.05, 0.1) is 6.54 Å². The van der Waals surface area contributed by atoms with Crippen LogP contribution in [0.4, 0.5) is 0 Å². The van der Waals surface area contributed by atoms with Crippen LogP contribution in [-0.4, -0.2) is 42.7 Å². The largest absolute Gasteiger partial charge is 0.491 e. The number of nitrogens with zero attached hydrogens (tertiary/aromatic N) is 3. The van der Waals surface area contributed by atoms with Crippen molar-refractivity contribution in [3.8, 4) is 5.75 Å². The van der Waals surface area contributed by atoms with E-state index in [2.05, 4.69) is 16.9 Å². The molecule has 0 aliphatic carbocycles. The lowest BCUT2D eigenvalue weighted by Gasteiger charge is -2.16. The zero-order chi connectivity index (χ0) is 21.0. The molecule has 29 heavy (non-hydrogen) atoms. The molecule has 2 heterocycles. The number of benzene rings is 1. The van der Waals surface area contributed by atoms with Gasteiger partial charge in [-0.25, -0.2) is 9.78 Å². The van der Waals surface area contributed by atoms with Gasteiger partial charge in [0.25, 0.3) is 5.56 Å². The van der Waals surface area contributed by atoms with Crippen LogP contribution in [0.2, 0.25) is 0 Å². The maximum Gasteiger partial charge on any atom is 0.329 e. The molecule has 2 N–H and O–H groups in total. The molecule has 0 aliphatic rings. The number of hydrogen-bond donors (Lipinski definition) is 2. The summed E-state index contributed by atoms with van der Waals surface area (Å²) in [4.78, 5) is 31.2. The van der Waals surface area contributed by atoms with E-state index >= 15 is 0 Å². The zero-order valence-corrected chi connectivity index (χ0v) is 17.7. The quantitative estimate of drug-likeness (QED) is 0.407. The summed E-state index contributed by atoms with van der Waals surface area (Å²) in [6.45, 7) is 4.25. The maximum atomic E-state index is 12.5. The molecule has 0 fully saturated rings. The van der Waals surface area contributed by atoms with Gasteiger partial charge in [-0.3, -0.25) is 14.3 Å². The number of fused-ring (bicyclic) bond motifs is 1. The molecule has 8 nitrogen and oxygen atoms in total. The summed E-state index contributed by atoms with van der Waals surface area (Å²) in [7, 11) is 1.57. The van der Waals surface area contributed by atoms with Gasteiger partial charge >= 0.3 is 5.69 Å². The first kappa shape index (κ1) is 21.2. The smallest absolute Gasteiger partial charge is 0.329 e. The summed E-state index contributed by atoms with van der Waals surface area (Å²) in [5, 5.41) is 11.2. The van der Waals surface area contributed by atoms with E-state index in [1.807, 2.05) is 31.2 Å². The summed E-state index contributed by atoms with van der Waals surface area (Å²) in [5.41, 5.74) is 0.548. The third-order valence-corrected chi connectivity index (χ3v) is 5.68. The fourth-order valence-electron chi connectivity index (χ4n) is 2.97. The summed E-state index contributed by atoms with van der Waals surface area (Å²) in [6.07, 6.45) is 1.19. The molecule has 0 saturated carbocycles. The first-order chi connectivity index (χ1) is 13.9. The number of aryl methyl sites for hydroxylation is 2. The van der Waals surface area contributed by atoms with E-state index in [-0.39, 0.29) is 18.7 Å². The van der Waals surface area contributed by atoms with Crippen LogP contribution in [0.25, 0.3) is 11.2 Å². The van der Waals surface area contributed by atoms with Gasteiger partial charge in [0.15, 0.2) is 16.3 Å². The molecule has 0 amide bonds. The molecule has 0 unspecified atom stereocenters. The molecule has 0 aliphatic heterocycles. The number of rotatable bonds is 9. The van der Waals surface area contributed by atoms with Crippen molar-refractivity contribution in [2.24, 2.45) is 7.05 Å². The van der Waals surface area contributed by atoms with Crippen LogP contribution in [0, 0.1) is 6.92 Å². The van der Waals surface area contributed by atoms with Crippen molar-refractivity contribution in [1.29, 1.82) is 0 Å². The fourth-order valence-corrected chi connectivity index (χ4v) is 4.06. The first-order valence-electron chi connectivity index (χ1n) is 9.61. The van der Waals surface area contributed by atoms with Gasteiger partial charge in [0, 0.05) is 12.8 Å². The van der Waals surface area contributed by atoms with E-state index in [0.29, 0.717) is 16.6 Å². The van der Waals surface area contributed by atoms with Crippen LogP contribution < -0.4 is 16.0 Å². The average molecular weight is 419 g/mol. The highest BCUT2D eigenvalue weighted by Gasteiger charge is 2.20.